The van der Waals surface area contributed by atoms with Crippen LogP contribution >= 0.6 is 15.9 Å². The van der Waals surface area contributed by atoms with Crippen LogP contribution in [0.4, 0.5) is 0 Å². The molecule has 0 fully saturated rings. The standard InChI is InChI=1S/C20H22BrN3O3/c1-26-13-17(25)12-22-18(11-14-5-3-2-4-6-14)20-23-19(24-27-20)15-7-9-16(21)10-8-15/h2-10,17-18,22,25H,11-13H2,1H3. The third-order valence-electron chi connectivity index (χ3n) is 4.08. The number of rotatable bonds is 9. The van der Waals surface area contributed by atoms with Crippen LogP contribution in [0.15, 0.2) is 63.6 Å². The van der Waals surface area contributed by atoms with Crippen LogP contribution in [0.1, 0.15) is 17.5 Å². The number of hydrogen-bond donors (Lipinski definition) is 2. The van der Waals surface area contributed by atoms with E-state index >= 15 is 0 Å². The van der Waals surface area contributed by atoms with Crippen molar-refractivity contribution < 1.29 is 14.4 Å². The minimum Gasteiger partial charge on any atom is -0.389 e. The third kappa shape index (κ3) is 5.71. The molecule has 1 heterocycles. The zero-order valence-corrected chi connectivity index (χ0v) is 16.6. The van der Waals surface area contributed by atoms with Crippen LogP contribution in [0, 0.1) is 0 Å². The number of nitrogens with zero attached hydrogens (tertiary/aromatic N) is 2. The normalized spacial score (nSPS) is 13.4. The lowest BCUT2D eigenvalue weighted by Crippen LogP contribution is -2.34. The van der Waals surface area contributed by atoms with Crippen LogP contribution in [0.3, 0.4) is 0 Å². The van der Waals surface area contributed by atoms with Crippen LogP contribution in [0.2, 0.25) is 0 Å². The van der Waals surface area contributed by atoms with E-state index < -0.39 is 6.10 Å². The number of methoxy groups -OCH3 is 1. The zero-order valence-electron chi connectivity index (χ0n) is 15.0. The fourth-order valence-electron chi connectivity index (χ4n) is 2.72. The van der Waals surface area contributed by atoms with E-state index in [1.807, 2.05) is 54.6 Å². The van der Waals surface area contributed by atoms with Crippen molar-refractivity contribution in [2.45, 2.75) is 18.6 Å². The molecule has 27 heavy (non-hydrogen) atoms. The van der Waals surface area contributed by atoms with Gasteiger partial charge in [-0.2, -0.15) is 4.98 Å². The Hall–Kier alpha value is -2.06. The Morgan fingerprint density at radius 3 is 2.59 bits per heavy atom. The van der Waals surface area contributed by atoms with Gasteiger partial charge < -0.3 is 19.7 Å². The molecule has 1 aromatic heterocycles. The minimum atomic E-state index is -0.609. The van der Waals surface area contributed by atoms with Gasteiger partial charge >= 0.3 is 0 Å². The summed E-state index contributed by atoms with van der Waals surface area (Å²) >= 11 is 3.42. The molecule has 0 aliphatic heterocycles. The van der Waals surface area contributed by atoms with Gasteiger partial charge in [0.05, 0.1) is 18.8 Å². The van der Waals surface area contributed by atoms with E-state index in [2.05, 4.69) is 31.4 Å². The molecule has 6 nitrogen and oxygen atoms in total. The minimum absolute atomic E-state index is 0.212. The summed E-state index contributed by atoms with van der Waals surface area (Å²) in [6.07, 6.45) is 0.0600. The van der Waals surface area contributed by atoms with Gasteiger partial charge in [-0.1, -0.05) is 51.4 Å². The van der Waals surface area contributed by atoms with Gasteiger partial charge in [0.15, 0.2) is 0 Å². The molecule has 2 unspecified atom stereocenters. The van der Waals surface area contributed by atoms with E-state index in [-0.39, 0.29) is 12.6 Å². The van der Waals surface area contributed by atoms with E-state index in [0.717, 1.165) is 15.6 Å². The van der Waals surface area contributed by atoms with Gasteiger partial charge in [0.25, 0.3) is 0 Å². The lowest BCUT2D eigenvalue weighted by molar-refractivity contribution is 0.0618. The van der Waals surface area contributed by atoms with Crippen LogP contribution in [-0.2, 0) is 11.2 Å². The van der Waals surface area contributed by atoms with Crippen molar-refractivity contribution in [3.05, 3.63) is 70.5 Å². The third-order valence-corrected chi connectivity index (χ3v) is 4.61. The van der Waals surface area contributed by atoms with Gasteiger partial charge in [-0.05, 0) is 36.2 Å². The van der Waals surface area contributed by atoms with Crippen molar-refractivity contribution in [2.75, 3.05) is 20.3 Å². The molecule has 0 radical (unpaired) electrons. The lowest BCUT2D eigenvalue weighted by Gasteiger charge is -2.17. The Balaban J connectivity index is 1.78. The summed E-state index contributed by atoms with van der Waals surface area (Å²) in [5.41, 5.74) is 2.02. The Kier molecular flexibility index (Phi) is 7.11. The molecule has 0 aliphatic rings. The Labute approximate surface area is 166 Å². The van der Waals surface area contributed by atoms with Crippen molar-refractivity contribution in [3.8, 4) is 11.4 Å². The first-order valence-corrected chi connectivity index (χ1v) is 9.49. The van der Waals surface area contributed by atoms with Crippen LogP contribution in [-0.4, -0.2) is 41.6 Å². The molecule has 142 valence electrons. The molecule has 0 bridgehead atoms. The highest BCUT2D eigenvalue weighted by Gasteiger charge is 2.21. The number of aliphatic hydroxyl groups excluding tert-OH is 1. The maximum Gasteiger partial charge on any atom is 0.244 e. The number of aromatic nitrogens is 2. The highest BCUT2D eigenvalue weighted by atomic mass is 79.9. The molecule has 3 aromatic rings. The summed E-state index contributed by atoms with van der Waals surface area (Å²) in [4.78, 5) is 4.56. The Morgan fingerprint density at radius 2 is 1.89 bits per heavy atom. The summed E-state index contributed by atoms with van der Waals surface area (Å²) in [6, 6.07) is 17.6. The van der Waals surface area contributed by atoms with E-state index in [4.69, 9.17) is 9.26 Å². The van der Waals surface area contributed by atoms with Gasteiger partial charge in [0.1, 0.15) is 0 Å². The second-order valence-corrected chi connectivity index (χ2v) is 7.14. The quantitative estimate of drug-likeness (QED) is 0.540. The lowest BCUT2D eigenvalue weighted by atomic mass is 10.1. The topological polar surface area (TPSA) is 80.4 Å². The van der Waals surface area contributed by atoms with Gasteiger partial charge in [-0.15, -0.1) is 0 Å². The van der Waals surface area contributed by atoms with Crippen molar-refractivity contribution in [2.24, 2.45) is 0 Å². The molecule has 0 aliphatic carbocycles. The molecule has 0 saturated heterocycles. The second kappa shape index (κ2) is 9.75. The average molecular weight is 432 g/mol. The van der Waals surface area contributed by atoms with E-state index in [0.29, 0.717) is 24.7 Å². The van der Waals surface area contributed by atoms with Crippen molar-refractivity contribution >= 4 is 15.9 Å². The monoisotopic (exact) mass is 431 g/mol. The van der Waals surface area contributed by atoms with Crippen LogP contribution < -0.4 is 5.32 Å². The fourth-order valence-corrected chi connectivity index (χ4v) is 2.98. The van der Waals surface area contributed by atoms with E-state index in [1.54, 1.807) is 7.11 Å². The highest BCUT2D eigenvalue weighted by molar-refractivity contribution is 9.10. The molecular formula is C20H22BrN3O3. The van der Waals surface area contributed by atoms with Crippen molar-refractivity contribution in [3.63, 3.8) is 0 Å². The number of benzene rings is 2. The summed E-state index contributed by atoms with van der Waals surface area (Å²) in [6.45, 7) is 0.625. The SMILES string of the molecule is COCC(O)CNC(Cc1ccccc1)c1nc(-c2ccc(Br)cc2)no1. The van der Waals surface area contributed by atoms with Crippen LogP contribution in [0.5, 0.6) is 0 Å². The first kappa shape index (κ1) is 19.7. The summed E-state index contributed by atoms with van der Waals surface area (Å²) in [5, 5.41) is 17.4. The maximum absolute atomic E-state index is 9.96. The predicted octanol–water partition coefficient (Wildman–Crippen LogP) is 3.38. The van der Waals surface area contributed by atoms with Crippen molar-refractivity contribution in [1.29, 1.82) is 0 Å². The zero-order chi connectivity index (χ0) is 19.1. The summed E-state index contributed by atoms with van der Waals surface area (Å²) in [5.74, 6) is 1.02. The summed E-state index contributed by atoms with van der Waals surface area (Å²) in [7, 11) is 1.56. The smallest absolute Gasteiger partial charge is 0.244 e. The molecule has 2 atom stereocenters. The number of ether oxygens (including phenoxy) is 1. The molecule has 0 amide bonds. The molecule has 0 saturated carbocycles. The maximum atomic E-state index is 9.96. The molecular weight excluding hydrogens is 410 g/mol. The predicted molar refractivity (Wildman–Crippen MR) is 106 cm³/mol. The Morgan fingerprint density at radius 1 is 1.15 bits per heavy atom. The Bertz CT molecular complexity index is 824. The fraction of sp³-hybridized carbons (Fsp3) is 0.300. The second-order valence-electron chi connectivity index (χ2n) is 6.22. The first-order chi connectivity index (χ1) is 13.2. The largest absolute Gasteiger partial charge is 0.389 e. The summed E-state index contributed by atoms with van der Waals surface area (Å²) < 4.78 is 11.5. The first-order valence-electron chi connectivity index (χ1n) is 8.69. The number of nitrogens with one attached hydrogen (secondary N) is 1. The van der Waals surface area contributed by atoms with E-state index in [9.17, 15) is 5.11 Å². The van der Waals surface area contributed by atoms with Crippen molar-refractivity contribution in [1.82, 2.24) is 15.5 Å². The number of halogens is 1. The van der Waals surface area contributed by atoms with E-state index in [1.165, 1.54) is 0 Å². The van der Waals surface area contributed by atoms with Gasteiger partial charge in [-0.25, -0.2) is 0 Å². The molecule has 0 spiro atoms. The molecule has 7 heteroatoms. The van der Waals surface area contributed by atoms with Gasteiger partial charge in [0, 0.05) is 23.7 Å². The van der Waals surface area contributed by atoms with Gasteiger partial charge in [0.2, 0.25) is 11.7 Å². The molecule has 2 aromatic carbocycles. The number of aliphatic hydroxyl groups is 1. The number of hydrogen-bond acceptors (Lipinski definition) is 6. The van der Waals surface area contributed by atoms with Crippen LogP contribution in [0.25, 0.3) is 11.4 Å². The molecule has 3 rings (SSSR count). The van der Waals surface area contributed by atoms with Gasteiger partial charge in [-0.3, -0.25) is 0 Å². The average Bonchev–Trinajstić information content (AvgIpc) is 3.17. The highest BCUT2D eigenvalue weighted by Crippen LogP contribution is 2.23. The molecule has 2 N–H and O–H groups in total.